The van der Waals surface area contributed by atoms with Gasteiger partial charge in [0.25, 0.3) is 0 Å². The van der Waals surface area contributed by atoms with E-state index in [0.29, 0.717) is 5.78 Å². The zero-order valence-corrected chi connectivity index (χ0v) is 60.5. The van der Waals surface area contributed by atoms with Crippen LogP contribution in [0.2, 0.25) is 0 Å². The highest BCUT2D eigenvalue weighted by Crippen LogP contribution is 2.78. The number of carbonyl (C=O) groups excluding carboxylic acids is 1. The molecule has 0 atom stereocenters. The molecule has 5 aromatic rings. The molecule has 8 rings (SSSR count). The molecule has 0 amide bonds. The quantitative estimate of drug-likeness (QED) is 0.00737. The number of ketones is 1. The first-order valence-corrected chi connectivity index (χ1v) is 40.2. The van der Waals surface area contributed by atoms with Crippen LogP contribution in [0.5, 0.6) is 0 Å². The lowest BCUT2D eigenvalue weighted by Gasteiger charge is -2.50. The molecule has 0 heterocycles. The van der Waals surface area contributed by atoms with Crippen LogP contribution < -0.4 is 21.9 Å². The van der Waals surface area contributed by atoms with Crippen LogP contribution >= 0.6 is 7.26 Å². The smallest absolute Gasteiger partial charge is 0.200 e. The first kappa shape index (κ1) is 85.1. The minimum absolute atomic E-state index is 0.525. The van der Waals surface area contributed by atoms with Crippen molar-refractivity contribution in [1.29, 1.82) is 0 Å². The van der Waals surface area contributed by atoms with Gasteiger partial charge in [-0.25, -0.2) is 87.8 Å². The average Bonchev–Trinajstić information content (AvgIpc) is 0.681. The number of hydrogen-bond acceptors (Lipinski definition) is 1. The van der Waals surface area contributed by atoms with Gasteiger partial charge in [0.15, 0.2) is 75.6 Å². The second-order valence-corrected chi connectivity index (χ2v) is 34.1. The fourth-order valence-electron chi connectivity index (χ4n) is 17.6. The molecule has 3 fully saturated rings. The van der Waals surface area contributed by atoms with E-state index in [1.807, 2.05) is 0 Å². The Morgan fingerprint density at radius 3 is 0.689 bits per heavy atom. The molecule has 0 N–H and O–H groups in total. The second-order valence-electron chi connectivity index (χ2n) is 29.6. The van der Waals surface area contributed by atoms with Crippen molar-refractivity contribution in [2.75, 3.05) is 6.16 Å². The summed E-state index contributed by atoms with van der Waals surface area (Å²) in [5.41, 5.74) is -10.7. The molecule has 0 radical (unpaired) electrons. The summed E-state index contributed by atoms with van der Waals surface area (Å²) in [5.74, 6) is -68.0. The third kappa shape index (κ3) is 19.8. The van der Waals surface area contributed by atoms with Gasteiger partial charge in [0.2, 0.25) is 0 Å². The lowest BCUT2D eigenvalue weighted by Crippen LogP contribution is -2.81. The number of hydrogen-bond donors (Lipinski definition) is 0. The molecule has 5 aromatic carbocycles. The Bertz CT molecular complexity index is 3050. The normalized spacial score (nSPS) is 19.4. The Morgan fingerprint density at radius 1 is 0.282 bits per heavy atom. The van der Waals surface area contributed by atoms with Crippen molar-refractivity contribution in [1.82, 2.24) is 0 Å². The Hall–Kier alpha value is -5.14. The number of benzene rings is 5. The molecule has 0 bridgehead atoms. The van der Waals surface area contributed by atoms with Crippen LogP contribution in [-0.4, -0.2) is 35.1 Å². The minimum Gasteiger partial charge on any atom is -0.290 e. The Kier molecular flexibility index (Phi) is 33.6. The highest BCUT2D eigenvalue weighted by atomic mass is 31.2. The molecular formula is C80H100BF20OP. The highest BCUT2D eigenvalue weighted by molar-refractivity contribution is 7.78. The topological polar surface area (TPSA) is 17.1 Å². The van der Waals surface area contributed by atoms with Gasteiger partial charge in [-0.3, -0.25) is 4.79 Å². The zero-order chi connectivity index (χ0) is 75.3. The number of carbonyl (C=O) groups is 1. The molecule has 3 saturated carbocycles. The van der Waals surface area contributed by atoms with Crippen LogP contribution in [0.25, 0.3) is 0 Å². The molecule has 0 saturated heterocycles. The summed E-state index contributed by atoms with van der Waals surface area (Å²) in [7, 11) is -1.52. The third-order valence-corrected chi connectivity index (χ3v) is 29.6. The monoisotopic (exact) mass is 1500 g/mol. The maximum atomic E-state index is 15.4. The van der Waals surface area contributed by atoms with Gasteiger partial charge in [-0.15, -0.1) is 21.9 Å². The van der Waals surface area contributed by atoms with Crippen LogP contribution in [0.15, 0.2) is 30.3 Å². The van der Waals surface area contributed by atoms with E-state index in [0.717, 1.165) is 46.5 Å². The van der Waals surface area contributed by atoms with Crippen molar-refractivity contribution in [3.05, 3.63) is 152 Å². The van der Waals surface area contributed by atoms with Crippen molar-refractivity contribution in [3.8, 4) is 0 Å². The zero-order valence-electron chi connectivity index (χ0n) is 59.6. The molecule has 0 aromatic heterocycles. The largest absolute Gasteiger partial charge is 0.290 e. The molecule has 3 aliphatic carbocycles. The van der Waals surface area contributed by atoms with Crippen LogP contribution in [0.3, 0.4) is 0 Å². The van der Waals surface area contributed by atoms with Crippen LogP contribution in [0.1, 0.15) is 282 Å². The first-order chi connectivity index (χ1) is 49.3. The van der Waals surface area contributed by atoms with E-state index in [4.69, 9.17) is 0 Å². The lowest BCUT2D eigenvalue weighted by atomic mass is 9.12. The molecular weight excluding hydrogens is 1400 g/mol. The predicted molar refractivity (Wildman–Crippen MR) is 371 cm³/mol. The molecule has 0 aliphatic heterocycles. The Morgan fingerprint density at radius 2 is 0.476 bits per heavy atom. The fourth-order valence-corrected chi connectivity index (χ4v) is 24.6. The van der Waals surface area contributed by atoms with Gasteiger partial charge in [-0.1, -0.05) is 224 Å². The number of halogens is 20. The van der Waals surface area contributed by atoms with Gasteiger partial charge in [0.05, 0.1) is 17.0 Å². The fraction of sp³-hybridized carbons (Fsp3) is 0.613. The van der Waals surface area contributed by atoms with E-state index in [9.17, 15) is 57.5 Å². The summed E-state index contributed by atoms with van der Waals surface area (Å²) in [6.45, 7) is 6.99. The molecule has 3 aliphatic rings. The van der Waals surface area contributed by atoms with E-state index in [1.54, 1.807) is 0 Å². The summed E-state index contributed by atoms with van der Waals surface area (Å²) in [4.78, 5) is 14.7. The molecule has 103 heavy (non-hydrogen) atoms. The lowest BCUT2D eigenvalue weighted by molar-refractivity contribution is 0.101. The van der Waals surface area contributed by atoms with Crippen molar-refractivity contribution < 1.29 is 92.6 Å². The molecule has 0 unspecified atom stereocenters. The van der Waals surface area contributed by atoms with Crippen molar-refractivity contribution in [2.24, 2.45) is 17.8 Å². The summed E-state index contributed by atoms with van der Waals surface area (Å²) < 4.78 is 294. The number of rotatable bonds is 37. The van der Waals surface area contributed by atoms with Gasteiger partial charge < -0.3 is 0 Å². The number of Topliss-reactive ketones (excluding diaryl/α,β-unsaturated/α-hetero) is 1. The molecule has 574 valence electrons. The van der Waals surface area contributed by atoms with E-state index >= 15 is 35.1 Å². The van der Waals surface area contributed by atoms with Crippen LogP contribution in [0, 0.1) is 134 Å². The third-order valence-electron chi connectivity index (χ3n) is 23.1. The van der Waals surface area contributed by atoms with Gasteiger partial charge in [0.1, 0.15) is 58.8 Å². The van der Waals surface area contributed by atoms with Crippen LogP contribution in [0.4, 0.5) is 87.8 Å². The summed E-state index contributed by atoms with van der Waals surface area (Å²) >= 11 is 0. The summed E-state index contributed by atoms with van der Waals surface area (Å²) in [6, 6.07) is 10.7. The molecule has 1 nitrogen and oxygen atoms in total. The summed E-state index contributed by atoms with van der Waals surface area (Å²) in [5, 5.41) is 0. The van der Waals surface area contributed by atoms with E-state index in [2.05, 4.69) is 51.1 Å². The van der Waals surface area contributed by atoms with Crippen LogP contribution in [-0.2, 0) is 0 Å². The first-order valence-electron chi connectivity index (χ1n) is 38.0. The van der Waals surface area contributed by atoms with Gasteiger partial charge in [0, 0.05) is 12.8 Å². The van der Waals surface area contributed by atoms with E-state index in [-0.39, 0.29) is 0 Å². The molecule has 23 heteroatoms. The maximum absolute atomic E-state index is 15.4. The Balaban J connectivity index is 0.000000297. The Labute approximate surface area is 595 Å². The van der Waals surface area contributed by atoms with Gasteiger partial charge in [-0.05, 0) is 94.8 Å². The summed E-state index contributed by atoms with van der Waals surface area (Å²) in [6.07, 6.45) is 50.2. The van der Waals surface area contributed by atoms with Crippen molar-refractivity contribution in [3.63, 3.8) is 0 Å². The van der Waals surface area contributed by atoms with Crippen molar-refractivity contribution >= 4 is 41.0 Å². The van der Waals surface area contributed by atoms with Gasteiger partial charge >= 0.3 is 0 Å². The van der Waals surface area contributed by atoms with E-state index < -0.39 is 152 Å². The van der Waals surface area contributed by atoms with Gasteiger partial charge in [-0.2, -0.15) is 0 Å². The average molecular weight is 1500 g/mol. The predicted octanol–water partition coefficient (Wildman–Crippen LogP) is 25.0. The van der Waals surface area contributed by atoms with Crippen molar-refractivity contribution in [2.45, 2.75) is 288 Å². The van der Waals surface area contributed by atoms with E-state index in [1.165, 1.54) is 250 Å². The maximum Gasteiger partial charge on any atom is 0.200 e. The molecule has 0 spiro atoms. The SMILES string of the molecule is CCCCCCCCCCC1CCC([P+](CC(=O)c2ccccc2)(C2CCC(CCCCCCCCCC)CC2)C2CCC(CCCCCCCCCC)CC2)CC1.Fc1c(F)c(F)c([B-](c2c(F)c(F)c(F)c(F)c2F)(c2c(F)c(F)c(F)c(F)c2F)c2c(F)c(F)c(F)c(F)c2F)c(F)c1F. The highest BCUT2D eigenvalue weighted by Gasteiger charge is 2.60. The number of unbranched alkanes of at least 4 members (excludes halogenated alkanes) is 21. The second kappa shape index (κ2) is 40.7. The standard InChI is InChI=1S/C56H100OP.C24BF20/c1-4-7-10-13-16-19-22-26-31-49-36-42-53(43-37-49)58(48-56(57)52-34-29-25-30-35-52,54-44-38-50(39-45-54)32-27-23-20-17-14-11-8-5-2)55-46-40-51(41-47-55)33-28-24-21-18-15-12-9-6-3;26-5-1(6(27)14(35)21(42)13(5)34)25(2-7(28)15(36)22(43)16(37)8(2)29,3-9(30)17(38)23(44)18(39)10(3)31)4-11(32)19(40)24(45)20(41)12(4)33/h25,29-30,34-35,49-51,53-55H,4-24,26-28,31-33,36-48H2,1-3H3;/q+1;-1. The minimum atomic E-state index is -7.22.